The van der Waals surface area contributed by atoms with Gasteiger partial charge in [0, 0.05) is 30.1 Å². The van der Waals surface area contributed by atoms with E-state index in [9.17, 15) is 27.9 Å². The molecular formula is C26H29F3N4O4. The monoisotopic (exact) mass is 518 g/mol. The van der Waals surface area contributed by atoms with Crippen molar-refractivity contribution in [3.63, 3.8) is 0 Å². The average molecular weight is 519 g/mol. The number of ether oxygens (including phenoxy) is 1. The number of rotatable bonds is 5. The van der Waals surface area contributed by atoms with E-state index in [1.54, 1.807) is 30.9 Å². The summed E-state index contributed by atoms with van der Waals surface area (Å²) in [6.45, 7) is 7.39. The number of hydrogen-bond donors (Lipinski definition) is 2. The maximum absolute atomic E-state index is 13.8. The SMILES string of the molecule is Cc1nc2nc(C(F)(F)F)c([C@H](C)Oc3ccc(C(=O)N4CCCC(C(C)(C)O)C4)cc3)cc2c(=O)[nH]1. The predicted molar refractivity (Wildman–Crippen MR) is 130 cm³/mol. The molecule has 1 amide bonds. The number of carbonyl (C=O) groups excluding carboxylic acids is 1. The Balaban J connectivity index is 1.56. The second-order valence-electron chi connectivity index (χ2n) is 9.97. The highest BCUT2D eigenvalue weighted by atomic mass is 19.4. The topological polar surface area (TPSA) is 108 Å². The Labute approximate surface area is 211 Å². The minimum atomic E-state index is -4.79. The molecule has 3 heterocycles. The third-order valence-electron chi connectivity index (χ3n) is 6.67. The van der Waals surface area contributed by atoms with Crippen molar-refractivity contribution in [2.45, 2.75) is 58.4 Å². The number of benzene rings is 1. The molecule has 4 rings (SSSR count). The van der Waals surface area contributed by atoms with E-state index in [1.165, 1.54) is 26.0 Å². The van der Waals surface area contributed by atoms with Gasteiger partial charge in [-0.15, -0.1) is 0 Å². The molecule has 1 aromatic carbocycles. The number of nitrogens with zero attached hydrogens (tertiary/aromatic N) is 3. The van der Waals surface area contributed by atoms with Gasteiger partial charge < -0.3 is 19.7 Å². The normalized spacial score (nSPS) is 17.6. The van der Waals surface area contributed by atoms with E-state index >= 15 is 0 Å². The van der Waals surface area contributed by atoms with Crippen LogP contribution in [-0.2, 0) is 6.18 Å². The first-order valence-electron chi connectivity index (χ1n) is 12.0. The molecule has 1 aliphatic heterocycles. The first kappa shape index (κ1) is 26.6. The number of pyridine rings is 1. The molecule has 37 heavy (non-hydrogen) atoms. The zero-order chi connectivity index (χ0) is 27.1. The smallest absolute Gasteiger partial charge is 0.433 e. The summed E-state index contributed by atoms with van der Waals surface area (Å²) in [6, 6.07) is 7.24. The Morgan fingerprint density at radius 1 is 1.22 bits per heavy atom. The summed E-state index contributed by atoms with van der Waals surface area (Å²) >= 11 is 0. The van der Waals surface area contributed by atoms with Crippen LogP contribution >= 0.6 is 0 Å². The largest absolute Gasteiger partial charge is 0.486 e. The number of H-pyrrole nitrogens is 1. The van der Waals surface area contributed by atoms with Gasteiger partial charge in [0.25, 0.3) is 11.5 Å². The molecule has 2 aromatic heterocycles. The van der Waals surface area contributed by atoms with Crippen molar-refractivity contribution in [2.24, 2.45) is 5.92 Å². The van der Waals surface area contributed by atoms with Crippen molar-refractivity contribution in [3.05, 3.63) is 63.3 Å². The molecule has 1 fully saturated rings. The van der Waals surface area contributed by atoms with Crippen LogP contribution in [0.25, 0.3) is 11.0 Å². The number of halogens is 3. The van der Waals surface area contributed by atoms with Crippen molar-refractivity contribution >= 4 is 16.9 Å². The minimum absolute atomic E-state index is 0.0293. The number of hydrogen-bond acceptors (Lipinski definition) is 6. The first-order valence-corrected chi connectivity index (χ1v) is 12.0. The number of alkyl halides is 3. The summed E-state index contributed by atoms with van der Waals surface area (Å²) in [7, 11) is 0. The maximum atomic E-state index is 13.8. The number of aromatic nitrogens is 3. The third kappa shape index (κ3) is 5.76. The van der Waals surface area contributed by atoms with E-state index in [0.29, 0.717) is 18.7 Å². The molecule has 2 N–H and O–H groups in total. The number of piperidine rings is 1. The zero-order valence-corrected chi connectivity index (χ0v) is 21.0. The fourth-order valence-electron chi connectivity index (χ4n) is 4.59. The molecule has 0 saturated carbocycles. The van der Waals surface area contributed by atoms with Gasteiger partial charge in [-0.05, 0) is 70.9 Å². The molecule has 0 bridgehead atoms. The summed E-state index contributed by atoms with van der Waals surface area (Å²) in [5.74, 6) is 0.193. The Morgan fingerprint density at radius 3 is 2.51 bits per heavy atom. The quantitative estimate of drug-likeness (QED) is 0.518. The van der Waals surface area contributed by atoms with Crippen molar-refractivity contribution in [1.82, 2.24) is 19.9 Å². The van der Waals surface area contributed by atoms with Crippen LogP contribution in [0.3, 0.4) is 0 Å². The number of aryl methyl sites for hydroxylation is 1. The lowest BCUT2D eigenvalue weighted by Crippen LogP contribution is -2.46. The minimum Gasteiger partial charge on any atom is -0.486 e. The lowest BCUT2D eigenvalue weighted by molar-refractivity contribution is -0.142. The van der Waals surface area contributed by atoms with Crippen LogP contribution in [-0.4, -0.2) is 49.6 Å². The molecule has 0 aliphatic carbocycles. The molecule has 2 atom stereocenters. The van der Waals surface area contributed by atoms with E-state index in [1.807, 2.05) is 0 Å². The lowest BCUT2D eigenvalue weighted by Gasteiger charge is -2.38. The molecule has 1 unspecified atom stereocenters. The zero-order valence-electron chi connectivity index (χ0n) is 21.0. The number of aliphatic hydroxyl groups is 1. The predicted octanol–water partition coefficient (Wildman–Crippen LogP) is 4.41. The van der Waals surface area contributed by atoms with E-state index < -0.39 is 29.1 Å². The van der Waals surface area contributed by atoms with E-state index in [4.69, 9.17) is 4.74 Å². The Bertz CT molecular complexity index is 1360. The molecule has 1 saturated heterocycles. The van der Waals surface area contributed by atoms with Crippen molar-refractivity contribution < 1.29 is 27.8 Å². The summed E-state index contributed by atoms with van der Waals surface area (Å²) in [4.78, 5) is 37.0. The summed E-state index contributed by atoms with van der Waals surface area (Å²) in [6.07, 6.45) is -4.27. The standard InChI is InChI=1S/C26H29F3N4O4/c1-14(19-12-20-22(30-15(2)31-23(20)34)32-21(19)26(27,28)29)37-18-9-7-16(8-10-18)24(35)33-11-5-6-17(13-33)25(3,4)36/h7-10,12,14,17,36H,5-6,11,13H2,1-4H3,(H,30,31,32,34)/t14-,17?/m0/s1. The first-order chi connectivity index (χ1) is 17.2. The van der Waals surface area contributed by atoms with Gasteiger partial charge in [0.2, 0.25) is 0 Å². The molecule has 8 nitrogen and oxygen atoms in total. The number of likely N-dealkylation sites (tertiary alicyclic amines) is 1. The van der Waals surface area contributed by atoms with Crippen LogP contribution in [0.5, 0.6) is 5.75 Å². The number of fused-ring (bicyclic) bond motifs is 1. The van der Waals surface area contributed by atoms with Gasteiger partial charge in [0.15, 0.2) is 11.3 Å². The van der Waals surface area contributed by atoms with Crippen LogP contribution in [0, 0.1) is 12.8 Å². The number of nitrogens with one attached hydrogen (secondary N) is 1. The molecule has 198 valence electrons. The van der Waals surface area contributed by atoms with Gasteiger partial charge in [-0.25, -0.2) is 9.97 Å². The van der Waals surface area contributed by atoms with Gasteiger partial charge in [0.1, 0.15) is 17.7 Å². The molecule has 0 radical (unpaired) electrons. The van der Waals surface area contributed by atoms with Gasteiger partial charge in [-0.1, -0.05) is 0 Å². The third-order valence-corrected chi connectivity index (χ3v) is 6.67. The van der Waals surface area contributed by atoms with E-state index in [0.717, 1.165) is 18.9 Å². The van der Waals surface area contributed by atoms with Crippen LogP contribution in [0.4, 0.5) is 13.2 Å². The van der Waals surface area contributed by atoms with Gasteiger partial charge >= 0.3 is 6.18 Å². The molecule has 0 spiro atoms. The molecular weight excluding hydrogens is 489 g/mol. The molecule has 11 heteroatoms. The van der Waals surface area contributed by atoms with Crippen LogP contribution < -0.4 is 10.3 Å². The highest BCUT2D eigenvalue weighted by Gasteiger charge is 2.38. The van der Waals surface area contributed by atoms with Crippen LogP contribution in [0.15, 0.2) is 35.1 Å². The fourth-order valence-corrected chi connectivity index (χ4v) is 4.59. The Hall–Kier alpha value is -3.47. The summed E-state index contributed by atoms with van der Waals surface area (Å²) in [5, 5.41) is 10.3. The summed E-state index contributed by atoms with van der Waals surface area (Å²) in [5.41, 5.74) is -2.85. The molecule has 3 aromatic rings. The lowest BCUT2D eigenvalue weighted by atomic mass is 9.84. The number of amides is 1. The average Bonchev–Trinajstić information content (AvgIpc) is 2.82. The fraction of sp³-hybridized carbons (Fsp3) is 0.462. The van der Waals surface area contributed by atoms with Crippen LogP contribution in [0.2, 0.25) is 0 Å². The second kappa shape index (κ2) is 9.77. The highest BCUT2D eigenvalue weighted by molar-refractivity contribution is 5.94. The van der Waals surface area contributed by atoms with Crippen molar-refractivity contribution in [1.29, 1.82) is 0 Å². The second-order valence-corrected chi connectivity index (χ2v) is 9.97. The summed E-state index contributed by atoms with van der Waals surface area (Å²) < 4.78 is 47.2. The number of carbonyl (C=O) groups is 1. The number of aromatic amines is 1. The maximum Gasteiger partial charge on any atom is 0.433 e. The van der Waals surface area contributed by atoms with Gasteiger partial charge in [-0.2, -0.15) is 13.2 Å². The molecule has 1 aliphatic rings. The van der Waals surface area contributed by atoms with Crippen molar-refractivity contribution in [3.8, 4) is 5.75 Å². The van der Waals surface area contributed by atoms with Crippen LogP contribution in [0.1, 0.15) is 67.2 Å². The highest BCUT2D eigenvalue weighted by Crippen LogP contribution is 2.36. The van der Waals surface area contributed by atoms with Gasteiger partial charge in [0.05, 0.1) is 11.0 Å². The van der Waals surface area contributed by atoms with Crippen molar-refractivity contribution in [2.75, 3.05) is 13.1 Å². The van der Waals surface area contributed by atoms with E-state index in [2.05, 4.69) is 15.0 Å². The Kier molecular flexibility index (Phi) is 7.02. The van der Waals surface area contributed by atoms with Gasteiger partial charge in [-0.3, -0.25) is 9.59 Å². The van der Waals surface area contributed by atoms with E-state index in [-0.39, 0.29) is 40.0 Å². The Morgan fingerprint density at radius 2 is 1.89 bits per heavy atom.